The number of aryl methyl sites for hydroxylation is 5. The normalized spacial score (nSPS) is 14.6. The molecule has 0 radical (unpaired) electrons. The molecule has 1 aliphatic carbocycles. The van der Waals surface area contributed by atoms with Crippen LogP contribution in [-0.2, 0) is 21.4 Å². The van der Waals surface area contributed by atoms with Crippen molar-refractivity contribution in [3.05, 3.63) is 87.4 Å². The zero-order chi connectivity index (χ0) is 58.7. The number of likely N-dealkylation sites (N-methyl/N-ethyl adjacent to an activating group) is 1. The number of allylic oxidation sites excluding steroid dienone is 1. The molecular formula is C66H109FN7O4+. The van der Waals surface area contributed by atoms with Gasteiger partial charge < -0.3 is 19.4 Å². The molecule has 0 spiro atoms. The highest BCUT2D eigenvalue weighted by atomic mass is 19.1. The summed E-state index contributed by atoms with van der Waals surface area (Å²) in [5.74, 6) is 3.34. The zero-order valence-electron chi connectivity index (χ0n) is 52.4. The summed E-state index contributed by atoms with van der Waals surface area (Å²) < 4.78 is 23.4. The fourth-order valence-corrected chi connectivity index (χ4v) is 9.52. The number of benzene rings is 1. The van der Waals surface area contributed by atoms with E-state index in [0.29, 0.717) is 17.2 Å². The molecule has 1 fully saturated rings. The van der Waals surface area contributed by atoms with Crippen molar-refractivity contribution < 1.29 is 28.1 Å². The Hall–Kier alpha value is -5.26. The molecule has 78 heavy (non-hydrogen) atoms. The maximum absolute atomic E-state index is 13.9. The Morgan fingerprint density at radius 1 is 0.821 bits per heavy atom. The molecule has 1 aromatic carbocycles. The van der Waals surface area contributed by atoms with E-state index in [0.717, 1.165) is 87.8 Å². The summed E-state index contributed by atoms with van der Waals surface area (Å²) in [4.78, 5) is 48.5. The first kappa shape index (κ1) is 70.8. The number of methoxy groups -OCH3 is 1. The topological polar surface area (TPSA) is 131 Å². The number of carbonyl (C=O) groups excluding carboxylic acids is 3. The number of aldehydes is 1. The van der Waals surface area contributed by atoms with E-state index in [-0.39, 0.29) is 30.3 Å². The lowest BCUT2D eigenvalue weighted by atomic mass is 9.76. The van der Waals surface area contributed by atoms with Gasteiger partial charge in [0.15, 0.2) is 6.21 Å². The number of ether oxygens (including phenoxy) is 1. The summed E-state index contributed by atoms with van der Waals surface area (Å²) in [7, 11) is 7.07. The first-order chi connectivity index (χ1) is 37.3. The van der Waals surface area contributed by atoms with Crippen LogP contribution in [0.3, 0.4) is 0 Å². The molecule has 12 heteroatoms. The third kappa shape index (κ3) is 24.8. The van der Waals surface area contributed by atoms with E-state index in [1.54, 1.807) is 33.1 Å². The number of unbranched alkanes of at least 4 members (excludes halogenated alkanes) is 3. The van der Waals surface area contributed by atoms with Gasteiger partial charge in [-0.3, -0.25) is 24.9 Å². The summed E-state index contributed by atoms with van der Waals surface area (Å²) >= 11 is 0. The van der Waals surface area contributed by atoms with Crippen LogP contribution in [0.15, 0.2) is 42.2 Å². The van der Waals surface area contributed by atoms with Crippen molar-refractivity contribution in [3.63, 3.8) is 0 Å². The van der Waals surface area contributed by atoms with E-state index in [9.17, 15) is 18.8 Å². The first-order valence-corrected chi connectivity index (χ1v) is 30.2. The lowest BCUT2D eigenvalue weighted by Gasteiger charge is -2.30. The molecule has 0 saturated heterocycles. The zero-order valence-corrected chi connectivity index (χ0v) is 52.4. The number of nitrogens with one attached hydrogen (secondary N) is 2. The number of carbonyl (C=O) groups is 3. The highest BCUT2D eigenvalue weighted by molar-refractivity contribution is 6.10. The van der Waals surface area contributed by atoms with Gasteiger partial charge in [0, 0.05) is 37.5 Å². The third-order valence-corrected chi connectivity index (χ3v) is 15.3. The van der Waals surface area contributed by atoms with Crippen LogP contribution in [0.2, 0.25) is 0 Å². The maximum atomic E-state index is 13.9. The van der Waals surface area contributed by atoms with Crippen molar-refractivity contribution in [2.45, 2.75) is 225 Å². The molecule has 6 rings (SSSR count). The lowest BCUT2D eigenvalue weighted by Crippen LogP contribution is -2.27. The molecule has 11 nitrogen and oxygen atoms in total. The van der Waals surface area contributed by atoms with Gasteiger partial charge in [0.1, 0.15) is 37.0 Å². The fourth-order valence-electron chi connectivity index (χ4n) is 9.52. The van der Waals surface area contributed by atoms with Crippen LogP contribution < -0.4 is 10.6 Å². The molecule has 3 aromatic heterocycles. The van der Waals surface area contributed by atoms with Crippen LogP contribution in [-0.4, -0.2) is 76.2 Å². The van der Waals surface area contributed by atoms with Crippen LogP contribution in [0.25, 0.3) is 16.6 Å². The smallest absolute Gasteiger partial charge is 0.258 e. The van der Waals surface area contributed by atoms with Crippen molar-refractivity contribution in [2.75, 3.05) is 33.1 Å². The van der Waals surface area contributed by atoms with E-state index in [1.165, 1.54) is 116 Å². The molecule has 4 heterocycles. The minimum atomic E-state index is -0.723. The van der Waals surface area contributed by atoms with Crippen molar-refractivity contribution >= 4 is 46.9 Å². The number of fused-ring (bicyclic) bond motifs is 1. The highest BCUT2D eigenvalue weighted by Gasteiger charge is 2.26. The van der Waals surface area contributed by atoms with Gasteiger partial charge in [-0.2, -0.15) is 0 Å². The number of aromatic nitrogens is 4. The summed E-state index contributed by atoms with van der Waals surface area (Å²) in [5, 5.41) is 5.42. The number of anilines is 1. The van der Waals surface area contributed by atoms with Gasteiger partial charge in [0.05, 0.1) is 41.9 Å². The number of hydrogen-bond donors (Lipinski definition) is 2. The number of halogens is 1. The van der Waals surface area contributed by atoms with Crippen molar-refractivity contribution in [2.24, 2.45) is 30.7 Å². The summed E-state index contributed by atoms with van der Waals surface area (Å²) in [6.07, 6.45) is 26.8. The van der Waals surface area contributed by atoms with Crippen molar-refractivity contribution in [1.82, 2.24) is 24.8 Å². The van der Waals surface area contributed by atoms with Crippen LogP contribution in [0.4, 0.5) is 10.3 Å². The molecule has 1 aliphatic heterocycles. The van der Waals surface area contributed by atoms with Crippen LogP contribution >= 0.6 is 0 Å². The Morgan fingerprint density at radius 3 is 2.04 bits per heavy atom. The number of rotatable bonds is 22. The number of hydrogen-bond acceptors (Lipinski definition) is 7. The van der Waals surface area contributed by atoms with Crippen LogP contribution in [0.5, 0.6) is 0 Å². The van der Waals surface area contributed by atoms with Crippen LogP contribution in [0.1, 0.15) is 241 Å². The summed E-state index contributed by atoms with van der Waals surface area (Å²) in [6.45, 7) is 31.1. The van der Waals surface area contributed by atoms with Crippen LogP contribution in [0, 0.1) is 57.2 Å². The molecule has 2 N–H and O–H groups in total. The highest BCUT2D eigenvalue weighted by Crippen LogP contribution is 2.33. The van der Waals surface area contributed by atoms with Gasteiger partial charge in [-0.25, -0.2) is 13.9 Å². The second-order valence-electron chi connectivity index (χ2n) is 21.6. The van der Waals surface area contributed by atoms with E-state index < -0.39 is 11.7 Å². The number of pyridine rings is 2. The van der Waals surface area contributed by atoms with E-state index in [4.69, 9.17) is 4.74 Å². The lowest BCUT2D eigenvalue weighted by molar-refractivity contribution is -0.492. The minimum Gasteiger partial charge on any atom is -0.500 e. The number of amides is 2. The largest absolute Gasteiger partial charge is 0.500 e. The van der Waals surface area contributed by atoms with Gasteiger partial charge in [0.2, 0.25) is 11.9 Å². The molecular weight excluding hydrogens is 974 g/mol. The molecule has 5 atom stereocenters. The molecule has 2 amide bonds. The SMILES string of the molecule is C1CCCC1.CC.CCCC.CCCCCC(C)C(C)[C@@H](CCC)CCC(C)CC.CNC(=O)C(CCC=O)c1nc(C)c(C)cc1F.COC1=C(c2cc(C(=O)Nc3nc4ccc(C)cc4n3C)cc(C)n2)C=[N+](C)CC1. The third-order valence-electron chi connectivity index (χ3n) is 15.3. The monoisotopic (exact) mass is 1080 g/mol. The molecule has 4 unspecified atom stereocenters. The van der Waals surface area contributed by atoms with E-state index in [1.807, 2.05) is 64.7 Å². The van der Waals surface area contributed by atoms with Gasteiger partial charge in [-0.15, -0.1) is 0 Å². The quantitative estimate of drug-likeness (QED) is 0.0455. The molecule has 4 aromatic rings. The van der Waals surface area contributed by atoms with Crippen molar-refractivity contribution in [1.29, 1.82) is 0 Å². The first-order valence-electron chi connectivity index (χ1n) is 30.2. The van der Waals surface area contributed by atoms with Crippen molar-refractivity contribution in [3.8, 4) is 0 Å². The Morgan fingerprint density at radius 2 is 1.47 bits per heavy atom. The maximum Gasteiger partial charge on any atom is 0.258 e. The molecule has 1 saturated carbocycles. The minimum absolute atomic E-state index is 0.110. The molecule has 438 valence electrons. The number of imidazole rings is 1. The average Bonchev–Trinajstić information content (AvgIpc) is 4.14. The standard InChI is InChI=1S/C23H25N5O2.C19H40.C13H17FN2O2.C5H10.C4H10.C2H6/c1-14-6-7-18-20(10-14)28(4)23(25-18)26-22(29)16-11-15(2)24-19(12-16)17-13-27(3)9-8-21(17)30-5;1-7-10-11-13-17(5)18(6)19(12-8-2)15-14-16(4)9-3;1-8-7-11(14)12(16-9(8)2)10(5-4-6-17)13(18)15-3;1-2-4-5-3-1;1-3-4-2;1-2/h6-7,10-13H,8-9H2,1-5H3;16-19H,7-15H2,1-6H3;6-7,10H,4-5H2,1-3H3,(H,15,18);1-5H2;3-4H2,1-2H3;1-2H3/p+1/t;16?,17?,18?,19-;;;;/m.0..../s1. The second-order valence-corrected chi connectivity index (χ2v) is 21.6. The van der Waals surface area contributed by atoms with E-state index >= 15 is 0 Å². The fraction of sp³-hybridized carbons (Fsp3) is 0.652. The Kier molecular flexibility index (Phi) is 36.3. The number of nitrogens with zero attached hydrogens (tertiary/aromatic N) is 5. The van der Waals surface area contributed by atoms with Gasteiger partial charge in [0.25, 0.3) is 5.91 Å². The Bertz CT molecular complexity index is 2410. The van der Waals surface area contributed by atoms with Gasteiger partial charge in [-0.05, 0) is 106 Å². The molecule has 0 bridgehead atoms. The Balaban J connectivity index is 0.000000552. The second kappa shape index (κ2) is 40.0. The van der Waals surface area contributed by atoms with Gasteiger partial charge in [-0.1, -0.05) is 172 Å². The van der Waals surface area contributed by atoms with Gasteiger partial charge >= 0.3 is 0 Å². The Labute approximate surface area is 473 Å². The summed E-state index contributed by atoms with van der Waals surface area (Å²) in [6, 6.07) is 11.0. The predicted molar refractivity (Wildman–Crippen MR) is 328 cm³/mol. The summed E-state index contributed by atoms with van der Waals surface area (Å²) in [5.41, 5.74) is 7.44. The average molecular weight is 1080 g/mol. The van der Waals surface area contributed by atoms with E-state index in [2.05, 4.69) is 91.6 Å². The predicted octanol–water partition coefficient (Wildman–Crippen LogP) is 16.8. The molecule has 2 aliphatic rings.